The Hall–Kier alpha value is -1.26. The third kappa shape index (κ3) is 1.76. The Kier molecular flexibility index (Phi) is 2.92. The quantitative estimate of drug-likeness (QED) is 0.883. The predicted molar refractivity (Wildman–Crippen MR) is 68.1 cm³/mol. The fourth-order valence-electron chi connectivity index (χ4n) is 2.84. The van der Waals surface area contributed by atoms with Gasteiger partial charge in [-0.15, -0.1) is 0 Å². The molecule has 2 aliphatic rings. The first-order valence-corrected chi connectivity index (χ1v) is 6.44. The van der Waals surface area contributed by atoms with E-state index in [1.807, 2.05) is 0 Å². The van der Waals surface area contributed by atoms with Crippen molar-refractivity contribution in [2.75, 3.05) is 26.6 Å². The molecule has 0 radical (unpaired) electrons. The maximum atomic E-state index is 5.64. The molecule has 4 nitrogen and oxygen atoms in total. The highest BCUT2D eigenvalue weighted by molar-refractivity contribution is 5.51. The number of ether oxygens (including phenoxy) is 3. The Bertz CT molecular complexity index is 455. The summed E-state index contributed by atoms with van der Waals surface area (Å²) in [5.41, 5.74) is 8.34. The van der Waals surface area contributed by atoms with Crippen LogP contribution in [0, 0.1) is 6.92 Å². The van der Waals surface area contributed by atoms with E-state index in [0.717, 1.165) is 44.1 Å². The van der Waals surface area contributed by atoms with E-state index in [-0.39, 0.29) is 5.41 Å². The fourth-order valence-corrected chi connectivity index (χ4v) is 2.84. The Morgan fingerprint density at radius 3 is 2.56 bits per heavy atom. The van der Waals surface area contributed by atoms with Gasteiger partial charge in [-0.1, -0.05) is 0 Å². The zero-order valence-corrected chi connectivity index (χ0v) is 10.7. The summed E-state index contributed by atoms with van der Waals surface area (Å²) in [7, 11) is 0. The Labute approximate surface area is 107 Å². The van der Waals surface area contributed by atoms with E-state index in [9.17, 15) is 0 Å². The number of rotatable bonds is 4. The van der Waals surface area contributed by atoms with Gasteiger partial charge in [-0.05, 0) is 49.6 Å². The summed E-state index contributed by atoms with van der Waals surface area (Å²) in [4.78, 5) is 0. The van der Waals surface area contributed by atoms with Crippen LogP contribution >= 0.6 is 0 Å². The molecule has 1 fully saturated rings. The molecular formula is C14H19NO3. The van der Waals surface area contributed by atoms with Gasteiger partial charge >= 0.3 is 0 Å². The van der Waals surface area contributed by atoms with Gasteiger partial charge in [0.15, 0.2) is 11.5 Å². The molecule has 0 aromatic heterocycles. The van der Waals surface area contributed by atoms with Gasteiger partial charge in [-0.3, -0.25) is 0 Å². The van der Waals surface area contributed by atoms with Crippen LogP contribution in [0.3, 0.4) is 0 Å². The molecule has 18 heavy (non-hydrogen) atoms. The van der Waals surface area contributed by atoms with Crippen molar-refractivity contribution < 1.29 is 14.2 Å². The standard InChI is InChI=1S/C14H19NO3/c1-10-5-12-13(18-9-17-12)6-11(10)14(3-2-4-15)7-16-8-14/h5-6H,2-4,7-9,15H2,1H3. The molecule has 4 heteroatoms. The van der Waals surface area contributed by atoms with Crippen LogP contribution in [0.1, 0.15) is 24.0 Å². The van der Waals surface area contributed by atoms with Crippen LogP contribution in [-0.2, 0) is 10.2 Å². The molecule has 0 saturated carbocycles. The van der Waals surface area contributed by atoms with Crippen LogP contribution < -0.4 is 15.2 Å². The summed E-state index contributed by atoms with van der Waals surface area (Å²) in [6.07, 6.45) is 2.10. The molecule has 1 aromatic rings. The zero-order chi connectivity index (χ0) is 12.6. The third-order valence-electron chi connectivity index (χ3n) is 3.91. The first kappa shape index (κ1) is 11.8. The van der Waals surface area contributed by atoms with Gasteiger partial charge in [0.1, 0.15) is 0 Å². The molecule has 2 N–H and O–H groups in total. The Morgan fingerprint density at radius 1 is 1.22 bits per heavy atom. The monoisotopic (exact) mass is 249 g/mol. The molecule has 1 aromatic carbocycles. The number of benzene rings is 1. The first-order chi connectivity index (χ1) is 8.75. The second-order valence-electron chi connectivity index (χ2n) is 5.19. The van der Waals surface area contributed by atoms with E-state index in [1.165, 1.54) is 11.1 Å². The maximum absolute atomic E-state index is 5.64. The molecule has 0 unspecified atom stereocenters. The Balaban J connectivity index is 1.95. The van der Waals surface area contributed by atoms with Crippen molar-refractivity contribution >= 4 is 0 Å². The molecule has 3 rings (SSSR count). The highest BCUT2D eigenvalue weighted by Crippen LogP contribution is 2.43. The lowest BCUT2D eigenvalue weighted by molar-refractivity contribution is -0.0652. The van der Waals surface area contributed by atoms with Gasteiger partial charge in [0.25, 0.3) is 0 Å². The number of nitrogens with two attached hydrogens (primary N) is 1. The largest absolute Gasteiger partial charge is 0.454 e. The molecule has 0 atom stereocenters. The topological polar surface area (TPSA) is 53.7 Å². The highest BCUT2D eigenvalue weighted by Gasteiger charge is 2.41. The lowest BCUT2D eigenvalue weighted by Crippen LogP contribution is -2.47. The molecule has 2 heterocycles. The van der Waals surface area contributed by atoms with Crippen molar-refractivity contribution in [1.29, 1.82) is 0 Å². The van der Waals surface area contributed by atoms with Crippen LogP contribution in [-0.4, -0.2) is 26.6 Å². The van der Waals surface area contributed by atoms with E-state index in [1.54, 1.807) is 0 Å². The molecule has 0 bridgehead atoms. The lowest BCUT2D eigenvalue weighted by Gasteiger charge is -2.43. The van der Waals surface area contributed by atoms with Crippen molar-refractivity contribution in [3.63, 3.8) is 0 Å². The summed E-state index contributed by atoms with van der Waals surface area (Å²) in [5.74, 6) is 1.71. The van der Waals surface area contributed by atoms with E-state index < -0.39 is 0 Å². The van der Waals surface area contributed by atoms with E-state index in [0.29, 0.717) is 6.79 Å². The minimum absolute atomic E-state index is 0.129. The molecule has 0 amide bonds. The fraction of sp³-hybridized carbons (Fsp3) is 0.571. The van der Waals surface area contributed by atoms with Crippen LogP contribution in [0.5, 0.6) is 11.5 Å². The van der Waals surface area contributed by atoms with E-state index >= 15 is 0 Å². The van der Waals surface area contributed by atoms with Crippen molar-refractivity contribution in [2.24, 2.45) is 5.73 Å². The summed E-state index contributed by atoms with van der Waals surface area (Å²) in [6.45, 7) is 4.75. The first-order valence-electron chi connectivity index (χ1n) is 6.44. The Morgan fingerprint density at radius 2 is 1.94 bits per heavy atom. The normalized spacial score (nSPS) is 19.7. The summed E-state index contributed by atoms with van der Waals surface area (Å²) < 4.78 is 16.3. The van der Waals surface area contributed by atoms with Crippen molar-refractivity contribution in [3.8, 4) is 11.5 Å². The van der Waals surface area contributed by atoms with Crippen LogP contribution in [0.2, 0.25) is 0 Å². The van der Waals surface area contributed by atoms with E-state index in [4.69, 9.17) is 19.9 Å². The van der Waals surface area contributed by atoms with Gasteiger partial charge in [-0.25, -0.2) is 0 Å². The molecule has 1 saturated heterocycles. The molecule has 98 valence electrons. The van der Waals surface area contributed by atoms with Gasteiger partial charge in [-0.2, -0.15) is 0 Å². The molecule has 0 aliphatic carbocycles. The van der Waals surface area contributed by atoms with Crippen molar-refractivity contribution in [1.82, 2.24) is 0 Å². The van der Waals surface area contributed by atoms with Crippen LogP contribution in [0.25, 0.3) is 0 Å². The lowest BCUT2D eigenvalue weighted by atomic mass is 9.73. The third-order valence-corrected chi connectivity index (χ3v) is 3.91. The van der Waals surface area contributed by atoms with Crippen LogP contribution in [0.15, 0.2) is 12.1 Å². The zero-order valence-electron chi connectivity index (χ0n) is 10.7. The SMILES string of the molecule is Cc1cc2c(cc1C1(CCCN)COC1)OCO2. The number of hydrogen-bond donors (Lipinski definition) is 1. The number of fused-ring (bicyclic) bond motifs is 1. The van der Waals surface area contributed by atoms with Gasteiger partial charge in [0, 0.05) is 5.41 Å². The summed E-state index contributed by atoms with van der Waals surface area (Å²) in [5, 5.41) is 0. The second kappa shape index (κ2) is 4.44. The van der Waals surface area contributed by atoms with Gasteiger partial charge < -0.3 is 19.9 Å². The average Bonchev–Trinajstić information content (AvgIpc) is 2.75. The number of hydrogen-bond acceptors (Lipinski definition) is 4. The molecule has 0 spiro atoms. The minimum Gasteiger partial charge on any atom is -0.454 e. The molecular weight excluding hydrogens is 230 g/mol. The van der Waals surface area contributed by atoms with Crippen molar-refractivity contribution in [3.05, 3.63) is 23.3 Å². The minimum atomic E-state index is 0.129. The van der Waals surface area contributed by atoms with Gasteiger partial charge in [0.2, 0.25) is 6.79 Å². The number of aryl methyl sites for hydroxylation is 1. The molecule has 2 aliphatic heterocycles. The van der Waals surface area contributed by atoms with Crippen LogP contribution in [0.4, 0.5) is 0 Å². The van der Waals surface area contributed by atoms with E-state index in [2.05, 4.69) is 19.1 Å². The summed E-state index contributed by atoms with van der Waals surface area (Å²) in [6, 6.07) is 4.19. The second-order valence-corrected chi connectivity index (χ2v) is 5.19. The highest BCUT2D eigenvalue weighted by atomic mass is 16.7. The maximum Gasteiger partial charge on any atom is 0.231 e. The van der Waals surface area contributed by atoms with Gasteiger partial charge in [0.05, 0.1) is 13.2 Å². The van der Waals surface area contributed by atoms with Crippen molar-refractivity contribution in [2.45, 2.75) is 25.2 Å². The predicted octanol–water partition coefficient (Wildman–Crippen LogP) is 1.73. The smallest absolute Gasteiger partial charge is 0.231 e. The summed E-state index contributed by atoms with van der Waals surface area (Å²) >= 11 is 0. The average molecular weight is 249 g/mol.